The van der Waals surface area contributed by atoms with Crippen LogP contribution < -0.4 is 10.1 Å². The molecule has 0 amide bonds. The molecular weight excluding hydrogens is 190 g/mol. The van der Waals surface area contributed by atoms with E-state index in [0.717, 1.165) is 18.9 Å². The van der Waals surface area contributed by atoms with E-state index in [1.54, 1.807) is 14.2 Å². The second-order valence-corrected chi connectivity index (χ2v) is 3.87. The van der Waals surface area contributed by atoms with Gasteiger partial charge in [-0.05, 0) is 17.7 Å². The third-order valence-corrected chi connectivity index (χ3v) is 2.93. The molecule has 3 heteroatoms. The molecule has 1 aliphatic rings. The minimum Gasteiger partial charge on any atom is -0.497 e. The van der Waals surface area contributed by atoms with Crippen LogP contribution >= 0.6 is 0 Å². The fourth-order valence-corrected chi connectivity index (χ4v) is 1.97. The largest absolute Gasteiger partial charge is 0.497 e. The molecule has 1 heterocycles. The summed E-state index contributed by atoms with van der Waals surface area (Å²) in [6.07, 6.45) is 0. The molecule has 2 rings (SSSR count). The Labute approximate surface area is 90.4 Å². The topological polar surface area (TPSA) is 30.5 Å². The Morgan fingerprint density at radius 1 is 1.27 bits per heavy atom. The number of hydrogen-bond donors (Lipinski definition) is 1. The Bertz CT molecular complexity index is 310. The van der Waals surface area contributed by atoms with Crippen molar-refractivity contribution in [3.8, 4) is 5.75 Å². The maximum atomic E-state index is 5.18. The minimum absolute atomic E-state index is 0.441. The second-order valence-electron chi connectivity index (χ2n) is 3.87. The summed E-state index contributed by atoms with van der Waals surface area (Å²) in [5.41, 5.74) is 1.31. The summed E-state index contributed by atoms with van der Waals surface area (Å²) in [6.45, 7) is 1.87. The maximum absolute atomic E-state index is 5.18. The first-order chi connectivity index (χ1) is 7.35. The van der Waals surface area contributed by atoms with Gasteiger partial charge in [0.15, 0.2) is 0 Å². The number of methoxy groups -OCH3 is 2. The zero-order valence-corrected chi connectivity index (χ0v) is 9.19. The van der Waals surface area contributed by atoms with Crippen molar-refractivity contribution in [2.24, 2.45) is 5.92 Å². The van der Waals surface area contributed by atoms with Gasteiger partial charge in [-0.3, -0.25) is 0 Å². The lowest BCUT2D eigenvalue weighted by atomic mass is 9.87. The van der Waals surface area contributed by atoms with Crippen LogP contribution in [0.4, 0.5) is 0 Å². The normalized spacial score (nSPS) is 24.7. The monoisotopic (exact) mass is 207 g/mol. The van der Waals surface area contributed by atoms with Crippen molar-refractivity contribution in [1.82, 2.24) is 5.32 Å². The van der Waals surface area contributed by atoms with Crippen LogP contribution in [0.2, 0.25) is 0 Å². The highest BCUT2D eigenvalue weighted by atomic mass is 16.5. The van der Waals surface area contributed by atoms with Gasteiger partial charge in [-0.25, -0.2) is 0 Å². The summed E-state index contributed by atoms with van der Waals surface area (Å²) in [5.74, 6) is 1.50. The van der Waals surface area contributed by atoms with E-state index in [2.05, 4.69) is 17.4 Å². The van der Waals surface area contributed by atoms with Crippen molar-refractivity contribution in [2.45, 2.75) is 6.04 Å². The third kappa shape index (κ3) is 2.13. The Morgan fingerprint density at radius 3 is 2.47 bits per heavy atom. The molecule has 2 atom stereocenters. The first-order valence-electron chi connectivity index (χ1n) is 5.21. The molecule has 0 bridgehead atoms. The molecule has 0 spiro atoms. The molecule has 0 aromatic heterocycles. The molecule has 2 unspecified atom stereocenters. The molecular formula is C12H17NO2. The van der Waals surface area contributed by atoms with E-state index in [1.165, 1.54) is 5.56 Å². The van der Waals surface area contributed by atoms with Gasteiger partial charge in [0.2, 0.25) is 0 Å². The molecule has 3 nitrogen and oxygen atoms in total. The van der Waals surface area contributed by atoms with Gasteiger partial charge < -0.3 is 14.8 Å². The fourth-order valence-electron chi connectivity index (χ4n) is 1.97. The molecule has 1 aliphatic heterocycles. The smallest absolute Gasteiger partial charge is 0.118 e. The average molecular weight is 207 g/mol. The van der Waals surface area contributed by atoms with E-state index in [4.69, 9.17) is 9.47 Å². The highest BCUT2D eigenvalue weighted by Gasteiger charge is 2.31. The summed E-state index contributed by atoms with van der Waals surface area (Å²) < 4.78 is 10.3. The predicted octanol–water partition coefficient (Wildman–Crippen LogP) is 1.60. The van der Waals surface area contributed by atoms with Crippen molar-refractivity contribution >= 4 is 0 Å². The maximum Gasteiger partial charge on any atom is 0.118 e. The summed E-state index contributed by atoms with van der Waals surface area (Å²) in [7, 11) is 3.44. The zero-order valence-electron chi connectivity index (χ0n) is 9.19. The fraction of sp³-hybridized carbons (Fsp3) is 0.500. The van der Waals surface area contributed by atoms with Crippen LogP contribution in [0.15, 0.2) is 24.3 Å². The summed E-state index contributed by atoms with van der Waals surface area (Å²) in [6, 6.07) is 8.66. The lowest BCUT2D eigenvalue weighted by Gasteiger charge is -2.38. The van der Waals surface area contributed by atoms with Crippen LogP contribution in [0.5, 0.6) is 5.75 Å². The average Bonchev–Trinajstić information content (AvgIpc) is 2.25. The predicted molar refractivity (Wildman–Crippen MR) is 59.1 cm³/mol. The Hall–Kier alpha value is -1.06. The molecule has 82 valence electrons. The van der Waals surface area contributed by atoms with Crippen LogP contribution in [0.3, 0.4) is 0 Å². The van der Waals surface area contributed by atoms with Gasteiger partial charge in [0.05, 0.1) is 13.7 Å². The minimum atomic E-state index is 0.441. The Kier molecular flexibility index (Phi) is 3.23. The highest BCUT2D eigenvalue weighted by molar-refractivity contribution is 5.30. The summed E-state index contributed by atoms with van der Waals surface area (Å²) in [4.78, 5) is 0. The van der Waals surface area contributed by atoms with E-state index in [-0.39, 0.29) is 0 Å². The Morgan fingerprint density at radius 2 is 2.00 bits per heavy atom. The second kappa shape index (κ2) is 4.64. The van der Waals surface area contributed by atoms with Gasteiger partial charge >= 0.3 is 0 Å². The SMILES string of the molecule is COCC1CNC1c1ccc(OC)cc1. The van der Waals surface area contributed by atoms with Gasteiger partial charge in [0.1, 0.15) is 5.75 Å². The molecule has 0 saturated carbocycles. The number of benzene rings is 1. The van der Waals surface area contributed by atoms with E-state index in [9.17, 15) is 0 Å². The molecule has 1 saturated heterocycles. The standard InChI is InChI=1S/C12H17NO2/c1-14-8-10-7-13-12(10)9-3-5-11(15-2)6-4-9/h3-6,10,12-13H,7-8H2,1-2H3. The van der Waals surface area contributed by atoms with Gasteiger partial charge in [0, 0.05) is 25.6 Å². The van der Waals surface area contributed by atoms with Crippen LogP contribution in [-0.4, -0.2) is 27.4 Å². The number of nitrogens with one attached hydrogen (secondary N) is 1. The van der Waals surface area contributed by atoms with Crippen molar-refractivity contribution < 1.29 is 9.47 Å². The molecule has 0 radical (unpaired) electrons. The number of ether oxygens (including phenoxy) is 2. The first kappa shape index (κ1) is 10.5. The van der Waals surface area contributed by atoms with Crippen LogP contribution in [0.1, 0.15) is 11.6 Å². The van der Waals surface area contributed by atoms with Gasteiger partial charge in [-0.1, -0.05) is 12.1 Å². The molecule has 0 aliphatic carbocycles. The van der Waals surface area contributed by atoms with Crippen molar-refractivity contribution in [1.29, 1.82) is 0 Å². The lowest BCUT2D eigenvalue weighted by Crippen LogP contribution is -2.47. The van der Waals surface area contributed by atoms with Gasteiger partial charge in [-0.15, -0.1) is 0 Å². The molecule has 1 aromatic carbocycles. The third-order valence-electron chi connectivity index (χ3n) is 2.93. The van der Waals surface area contributed by atoms with E-state index >= 15 is 0 Å². The summed E-state index contributed by atoms with van der Waals surface area (Å²) in [5, 5.41) is 3.41. The molecule has 1 aromatic rings. The molecule has 1 fully saturated rings. The van der Waals surface area contributed by atoms with Crippen LogP contribution in [0, 0.1) is 5.92 Å². The quantitative estimate of drug-likeness (QED) is 0.813. The molecule has 15 heavy (non-hydrogen) atoms. The number of hydrogen-bond acceptors (Lipinski definition) is 3. The molecule has 1 N–H and O–H groups in total. The van der Waals surface area contributed by atoms with E-state index in [1.807, 2.05) is 12.1 Å². The van der Waals surface area contributed by atoms with Crippen molar-refractivity contribution in [3.05, 3.63) is 29.8 Å². The van der Waals surface area contributed by atoms with E-state index < -0.39 is 0 Å². The zero-order chi connectivity index (χ0) is 10.7. The van der Waals surface area contributed by atoms with Gasteiger partial charge in [-0.2, -0.15) is 0 Å². The number of rotatable bonds is 4. The highest BCUT2D eigenvalue weighted by Crippen LogP contribution is 2.30. The van der Waals surface area contributed by atoms with Crippen molar-refractivity contribution in [2.75, 3.05) is 27.4 Å². The van der Waals surface area contributed by atoms with Gasteiger partial charge in [0.25, 0.3) is 0 Å². The van der Waals surface area contributed by atoms with E-state index in [0.29, 0.717) is 12.0 Å². The van der Waals surface area contributed by atoms with Crippen LogP contribution in [0.25, 0.3) is 0 Å². The lowest BCUT2D eigenvalue weighted by molar-refractivity contribution is 0.0883. The Balaban J connectivity index is 2.03. The van der Waals surface area contributed by atoms with Crippen molar-refractivity contribution in [3.63, 3.8) is 0 Å². The van der Waals surface area contributed by atoms with Crippen LogP contribution in [-0.2, 0) is 4.74 Å². The summed E-state index contributed by atoms with van der Waals surface area (Å²) >= 11 is 0. The first-order valence-corrected chi connectivity index (χ1v) is 5.21.